The molecule has 0 saturated heterocycles. The fraction of sp³-hybridized carbons (Fsp3) is 0.188. The molecule has 0 fully saturated rings. The molecular weight excluding hydrogens is 512 g/mol. The average molecular weight is 543 g/mol. The average Bonchev–Trinajstić information content (AvgIpc) is 3.00. The van der Waals surface area contributed by atoms with Crippen molar-refractivity contribution < 1.29 is 38.1 Å². The van der Waals surface area contributed by atoms with Crippen molar-refractivity contribution in [3.8, 4) is 0 Å². The maximum atomic E-state index is 13.7. The molecule has 0 saturated carbocycles. The molecule has 8 nitrogen and oxygen atoms in total. The van der Waals surface area contributed by atoms with Gasteiger partial charge in [-0.2, -0.15) is 0 Å². The lowest BCUT2D eigenvalue weighted by molar-refractivity contribution is -0.186. The molecule has 3 rings (SSSR count). The summed E-state index contributed by atoms with van der Waals surface area (Å²) in [7, 11) is 0. The molecule has 0 atom stereocenters. The van der Waals surface area contributed by atoms with Crippen molar-refractivity contribution >= 4 is 23.9 Å². The highest BCUT2D eigenvalue weighted by Crippen LogP contribution is 2.33. The number of hydrogen-bond acceptors (Lipinski definition) is 8. The molecule has 8 heteroatoms. The molecule has 0 spiro atoms. The first kappa shape index (κ1) is 29.6. The summed E-state index contributed by atoms with van der Waals surface area (Å²) < 4.78 is 21.4. The summed E-state index contributed by atoms with van der Waals surface area (Å²) in [5.74, 6) is -4.66. The van der Waals surface area contributed by atoms with E-state index in [0.717, 1.165) is 0 Å². The summed E-state index contributed by atoms with van der Waals surface area (Å²) >= 11 is 0. The van der Waals surface area contributed by atoms with E-state index < -0.39 is 35.7 Å². The molecule has 0 aliphatic rings. The number of esters is 4. The van der Waals surface area contributed by atoms with Crippen molar-refractivity contribution in [1.82, 2.24) is 0 Å². The van der Waals surface area contributed by atoms with Crippen LogP contribution in [0.4, 0.5) is 0 Å². The van der Waals surface area contributed by atoms with Crippen LogP contribution in [-0.2, 0) is 57.9 Å². The molecule has 3 aromatic carbocycles. The maximum Gasteiger partial charge on any atom is 0.335 e. The molecule has 0 heterocycles. The van der Waals surface area contributed by atoms with Crippen molar-refractivity contribution in [3.05, 3.63) is 132 Å². The Morgan fingerprint density at radius 2 is 0.950 bits per heavy atom. The van der Waals surface area contributed by atoms with Gasteiger partial charge in [-0.15, -0.1) is 0 Å². The second-order valence-corrected chi connectivity index (χ2v) is 8.76. The Morgan fingerprint density at radius 1 is 0.600 bits per heavy atom. The van der Waals surface area contributed by atoms with E-state index in [1.165, 1.54) is 6.08 Å². The molecule has 3 aromatic rings. The highest BCUT2D eigenvalue weighted by molar-refractivity contribution is 6.18. The largest absolute Gasteiger partial charge is 0.460 e. The summed E-state index contributed by atoms with van der Waals surface area (Å²) in [6.07, 6.45) is 0.562. The van der Waals surface area contributed by atoms with E-state index in [4.69, 9.17) is 18.9 Å². The zero-order chi connectivity index (χ0) is 28.8. The van der Waals surface area contributed by atoms with E-state index in [2.05, 4.69) is 13.2 Å². The van der Waals surface area contributed by atoms with Gasteiger partial charge in [0.1, 0.15) is 26.4 Å². The minimum Gasteiger partial charge on any atom is -0.460 e. The van der Waals surface area contributed by atoms with Gasteiger partial charge in [0.05, 0.1) is 0 Å². The SMILES string of the molecule is C=CCOC(=O)C(=C)CC(C(=O)OCc1ccccc1)(C(=O)OCc1ccccc1)C(=O)OCc1ccccc1. The summed E-state index contributed by atoms with van der Waals surface area (Å²) in [6, 6.07) is 26.1. The monoisotopic (exact) mass is 542 g/mol. The lowest BCUT2D eigenvalue weighted by atomic mass is 9.81. The van der Waals surface area contributed by atoms with Crippen molar-refractivity contribution in [3.63, 3.8) is 0 Å². The van der Waals surface area contributed by atoms with Gasteiger partial charge in [-0.25, -0.2) is 4.79 Å². The third kappa shape index (κ3) is 8.01. The van der Waals surface area contributed by atoms with Crippen LogP contribution in [0.5, 0.6) is 0 Å². The van der Waals surface area contributed by atoms with E-state index in [1.807, 2.05) is 0 Å². The number of hydrogen-bond donors (Lipinski definition) is 0. The maximum absolute atomic E-state index is 13.7. The molecule has 0 radical (unpaired) electrons. The van der Waals surface area contributed by atoms with Crippen LogP contribution in [-0.4, -0.2) is 30.5 Å². The third-order valence-electron chi connectivity index (χ3n) is 5.78. The van der Waals surface area contributed by atoms with Crippen LogP contribution < -0.4 is 0 Å². The molecule has 0 aliphatic carbocycles. The fourth-order valence-electron chi connectivity index (χ4n) is 3.63. The van der Waals surface area contributed by atoms with Crippen molar-refractivity contribution in [2.24, 2.45) is 5.41 Å². The Kier molecular flexibility index (Phi) is 11.0. The number of carbonyl (C=O) groups excluding carboxylic acids is 4. The van der Waals surface area contributed by atoms with E-state index in [-0.39, 0.29) is 32.0 Å². The highest BCUT2D eigenvalue weighted by atomic mass is 16.6. The minimum absolute atomic E-state index is 0.139. The van der Waals surface area contributed by atoms with E-state index in [1.54, 1.807) is 91.0 Å². The molecular formula is C32H30O8. The molecule has 0 N–H and O–H groups in total. The van der Waals surface area contributed by atoms with Gasteiger partial charge in [0.15, 0.2) is 0 Å². The first-order chi connectivity index (χ1) is 19.4. The molecule has 206 valence electrons. The third-order valence-corrected chi connectivity index (χ3v) is 5.78. The molecule has 0 aliphatic heterocycles. The van der Waals surface area contributed by atoms with Crippen LogP contribution >= 0.6 is 0 Å². The number of rotatable bonds is 14. The first-order valence-electron chi connectivity index (χ1n) is 12.5. The first-order valence-corrected chi connectivity index (χ1v) is 12.5. The fourth-order valence-corrected chi connectivity index (χ4v) is 3.63. The van der Waals surface area contributed by atoms with Crippen LogP contribution in [0.2, 0.25) is 0 Å². The summed E-state index contributed by atoms with van der Waals surface area (Å²) in [5.41, 5.74) is -1.17. The van der Waals surface area contributed by atoms with Crippen LogP contribution in [0.25, 0.3) is 0 Å². The number of ether oxygens (including phenoxy) is 4. The zero-order valence-corrected chi connectivity index (χ0v) is 22.0. The van der Waals surface area contributed by atoms with E-state index >= 15 is 0 Å². The predicted octanol–water partition coefficient (Wildman–Crippen LogP) is 4.88. The van der Waals surface area contributed by atoms with Crippen molar-refractivity contribution in [1.29, 1.82) is 0 Å². The van der Waals surface area contributed by atoms with Crippen LogP contribution in [0.15, 0.2) is 116 Å². The van der Waals surface area contributed by atoms with Crippen molar-refractivity contribution in [2.75, 3.05) is 6.61 Å². The molecule has 0 unspecified atom stereocenters. The van der Waals surface area contributed by atoms with Gasteiger partial charge in [-0.05, 0) is 16.7 Å². The quantitative estimate of drug-likeness (QED) is 0.0934. The second-order valence-electron chi connectivity index (χ2n) is 8.76. The Balaban J connectivity index is 1.96. The topological polar surface area (TPSA) is 105 Å². The predicted molar refractivity (Wildman–Crippen MR) is 146 cm³/mol. The van der Waals surface area contributed by atoms with Crippen LogP contribution in [0.1, 0.15) is 23.1 Å². The molecule has 0 amide bonds. The smallest absolute Gasteiger partial charge is 0.335 e. The van der Waals surface area contributed by atoms with Gasteiger partial charge < -0.3 is 18.9 Å². The Hall–Kier alpha value is -4.98. The van der Waals surface area contributed by atoms with Crippen LogP contribution in [0.3, 0.4) is 0 Å². The standard InChI is InChI=1S/C32H30O8/c1-3-19-37-28(33)24(2)20-32(29(34)38-21-25-13-7-4-8-14-25,30(35)39-22-26-15-9-5-10-16-26)31(36)40-23-27-17-11-6-12-18-27/h3-18H,1-2,19-23H2. The van der Waals surface area contributed by atoms with Gasteiger partial charge >= 0.3 is 23.9 Å². The Morgan fingerprint density at radius 3 is 1.27 bits per heavy atom. The highest BCUT2D eigenvalue weighted by Gasteiger charge is 2.58. The normalized spacial score (nSPS) is 10.6. The Bertz CT molecular complexity index is 1180. The molecule has 0 aromatic heterocycles. The zero-order valence-electron chi connectivity index (χ0n) is 22.0. The number of benzene rings is 3. The minimum atomic E-state index is -2.69. The number of carbonyl (C=O) groups is 4. The van der Waals surface area contributed by atoms with Gasteiger partial charge in [0.2, 0.25) is 0 Å². The van der Waals surface area contributed by atoms with Crippen LogP contribution in [0, 0.1) is 5.41 Å². The van der Waals surface area contributed by atoms with Gasteiger partial charge in [0, 0.05) is 12.0 Å². The van der Waals surface area contributed by atoms with Gasteiger partial charge in [0.25, 0.3) is 5.41 Å². The van der Waals surface area contributed by atoms with Gasteiger partial charge in [-0.3, -0.25) is 14.4 Å². The lowest BCUT2D eigenvalue weighted by Crippen LogP contribution is -2.50. The summed E-state index contributed by atoms with van der Waals surface area (Å²) in [6.45, 7) is 6.28. The van der Waals surface area contributed by atoms with Crippen molar-refractivity contribution in [2.45, 2.75) is 26.2 Å². The van der Waals surface area contributed by atoms with E-state index in [9.17, 15) is 19.2 Å². The summed E-state index contributed by atoms with van der Waals surface area (Å²) in [4.78, 5) is 53.6. The van der Waals surface area contributed by atoms with E-state index in [0.29, 0.717) is 16.7 Å². The molecule has 0 bridgehead atoms. The Labute approximate surface area is 232 Å². The second kappa shape index (κ2) is 14.8. The van der Waals surface area contributed by atoms with Gasteiger partial charge in [-0.1, -0.05) is 110 Å². The molecule has 40 heavy (non-hydrogen) atoms. The lowest BCUT2D eigenvalue weighted by Gasteiger charge is -2.28. The summed E-state index contributed by atoms with van der Waals surface area (Å²) in [5, 5.41) is 0.